The fourth-order valence-corrected chi connectivity index (χ4v) is 4.35. The summed E-state index contributed by atoms with van der Waals surface area (Å²) in [6, 6.07) is 7.55. The number of hydrogen-bond acceptors (Lipinski definition) is 7. The highest BCUT2D eigenvalue weighted by Crippen LogP contribution is 2.27. The fourth-order valence-electron chi connectivity index (χ4n) is 2.84. The number of para-hydroxylation sites is 2. The summed E-state index contributed by atoms with van der Waals surface area (Å²) in [5.74, 6) is 0.0909. The second-order valence-corrected chi connectivity index (χ2v) is 9.15. The van der Waals surface area contributed by atoms with Crippen LogP contribution in [0.3, 0.4) is 0 Å². The van der Waals surface area contributed by atoms with E-state index in [2.05, 4.69) is 20.4 Å². The number of rotatable bonds is 6. The number of carbonyl (C=O) groups excluding carboxylic acids is 1. The highest BCUT2D eigenvalue weighted by Gasteiger charge is 2.24. The molecule has 3 rings (SSSR count). The van der Waals surface area contributed by atoms with Gasteiger partial charge in [-0.25, -0.2) is 8.42 Å². The van der Waals surface area contributed by atoms with Gasteiger partial charge in [0.05, 0.1) is 23.4 Å². The molecule has 0 radical (unpaired) electrons. The van der Waals surface area contributed by atoms with Crippen LogP contribution in [-0.2, 0) is 21.9 Å². The molecule has 2 heterocycles. The summed E-state index contributed by atoms with van der Waals surface area (Å²) in [5.41, 5.74) is 1.61. The minimum absolute atomic E-state index is 0.134. The molecule has 0 spiro atoms. The zero-order valence-electron chi connectivity index (χ0n) is 15.2. The molecule has 1 saturated heterocycles. The summed E-state index contributed by atoms with van der Waals surface area (Å²) in [4.78, 5) is 14.4. The van der Waals surface area contributed by atoms with Crippen molar-refractivity contribution >= 4 is 39.1 Å². The summed E-state index contributed by atoms with van der Waals surface area (Å²) < 4.78 is 26.6. The average molecular weight is 411 g/mol. The van der Waals surface area contributed by atoms with Crippen molar-refractivity contribution in [1.82, 2.24) is 19.1 Å². The molecular formula is C16H22N6O3S2. The monoisotopic (exact) mass is 410 g/mol. The van der Waals surface area contributed by atoms with Crippen LogP contribution >= 0.6 is 11.8 Å². The van der Waals surface area contributed by atoms with Gasteiger partial charge in [0.25, 0.3) is 0 Å². The van der Waals surface area contributed by atoms with Gasteiger partial charge in [0.15, 0.2) is 5.16 Å². The summed E-state index contributed by atoms with van der Waals surface area (Å²) in [7, 11) is -1.35. The molecule has 0 unspecified atom stereocenters. The fraction of sp³-hybridized carbons (Fsp3) is 0.438. The number of carbonyl (C=O) groups is 1. The zero-order chi connectivity index (χ0) is 19.4. The van der Waals surface area contributed by atoms with Crippen molar-refractivity contribution in [3.8, 4) is 0 Å². The number of nitrogens with zero attached hydrogens (tertiary/aromatic N) is 5. The van der Waals surface area contributed by atoms with Crippen LogP contribution in [0.4, 0.5) is 11.4 Å². The van der Waals surface area contributed by atoms with Crippen LogP contribution in [0, 0.1) is 0 Å². The normalized spacial score (nSPS) is 15.7. The second kappa shape index (κ2) is 8.28. The van der Waals surface area contributed by atoms with E-state index in [4.69, 9.17) is 0 Å². The Kier molecular flexibility index (Phi) is 6.02. The van der Waals surface area contributed by atoms with Crippen molar-refractivity contribution in [1.29, 1.82) is 0 Å². The molecule has 0 saturated carbocycles. The van der Waals surface area contributed by atoms with Gasteiger partial charge in [-0.15, -0.1) is 10.2 Å². The minimum atomic E-state index is -3.17. The zero-order valence-corrected chi connectivity index (χ0v) is 16.8. The quantitative estimate of drug-likeness (QED) is 0.697. The highest BCUT2D eigenvalue weighted by molar-refractivity contribution is 7.99. The Morgan fingerprint density at radius 3 is 2.56 bits per heavy atom. The third kappa shape index (κ3) is 4.99. The van der Waals surface area contributed by atoms with Crippen molar-refractivity contribution < 1.29 is 13.2 Å². The van der Waals surface area contributed by atoms with Crippen molar-refractivity contribution in [2.75, 3.05) is 48.4 Å². The van der Waals surface area contributed by atoms with Gasteiger partial charge in [0.1, 0.15) is 6.33 Å². The number of hydrogen-bond donors (Lipinski definition) is 1. The molecule has 1 aliphatic heterocycles. The first-order valence-corrected chi connectivity index (χ1v) is 11.2. The van der Waals surface area contributed by atoms with E-state index < -0.39 is 10.0 Å². The number of aryl methyl sites for hydroxylation is 1. The van der Waals surface area contributed by atoms with Gasteiger partial charge in [-0.3, -0.25) is 4.79 Å². The molecule has 9 nitrogen and oxygen atoms in total. The molecule has 0 bridgehead atoms. The molecular weight excluding hydrogens is 388 g/mol. The lowest BCUT2D eigenvalue weighted by Gasteiger charge is -2.35. The van der Waals surface area contributed by atoms with Crippen LogP contribution in [0.5, 0.6) is 0 Å². The first-order chi connectivity index (χ1) is 12.8. The lowest BCUT2D eigenvalue weighted by Crippen LogP contribution is -2.48. The average Bonchev–Trinajstić information content (AvgIpc) is 3.05. The molecule has 27 heavy (non-hydrogen) atoms. The molecule has 1 aliphatic rings. The third-order valence-corrected chi connectivity index (χ3v) is 6.57. The van der Waals surface area contributed by atoms with Gasteiger partial charge in [0, 0.05) is 33.2 Å². The first-order valence-electron chi connectivity index (χ1n) is 8.40. The predicted molar refractivity (Wildman–Crippen MR) is 105 cm³/mol. The standard InChI is InChI=1S/C16H22N6O3S2/c1-20-12-17-19-16(20)26-11-15(23)18-13-5-3-4-6-14(13)21-7-9-22(10-8-21)27(2,24)25/h3-6,12H,7-11H2,1-2H3,(H,18,23). The van der Waals surface area contributed by atoms with Gasteiger partial charge in [-0.2, -0.15) is 4.31 Å². The van der Waals surface area contributed by atoms with Crippen LogP contribution in [0.2, 0.25) is 0 Å². The van der Waals surface area contributed by atoms with Gasteiger partial charge in [-0.1, -0.05) is 23.9 Å². The van der Waals surface area contributed by atoms with Crippen LogP contribution in [0.25, 0.3) is 0 Å². The van der Waals surface area contributed by atoms with Crippen molar-refractivity contribution in [2.45, 2.75) is 5.16 Å². The maximum Gasteiger partial charge on any atom is 0.234 e. The van der Waals surface area contributed by atoms with E-state index in [1.807, 2.05) is 31.3 Å². The van der Waals surface area contributed by atoms with Gasteiger partial charge < -0.3 is 14.8 Å². The largest absolute Gasteiger partial charge is 0.367 e. The molecule has 1 amide bonds. The van der Waals surface area contributed by atoms with Crippen molar-refractivity contribution in [3.05, 3.63) is 30.6 Å². The number of piperazine rings is 1. The van der Waals surface area contributed by atoms with E-state index in [1.165, 1.54) is 22.3 Å². The SMILES string of the molecule is Cn1cnnc1SCC(=O)Nc1ccccc1N1CCN(S(C)(=O)=O)CC1. The number of nitrogens with one attached hydrogen (secondary N) is 1. The molecule has 0 aliphatic carbocycles. The van der Waals surface area contributed by atoms with E-state index in [0.717, 1.165) is 5.69 Å². The number of aromatic nitrogens is 3. The Morgan fingerprint density at radius 2 is 1.93 bits per heavy atom. The van der Waals surface area contributed by atoms with Crippen LogP contribution in [0.15, 0.2) is 35.7 Å². The summed E-state index contributed by atoms with van der Waals surface area (Å²) in [6.45, 7) is 2.02. The van der Waals surface area contributed by atoms with Crippen molar-refractivity contribution in [2.24, 2.45) is 7.05 Å². The predicted octanol–water partition coefficient (Wildman–Crippen LogP) is 0.627. The molecule has 2 aromatic rings. The highest BCUT2D eigenvalue weighted by atomic mass is 32.2. The second-order valence-electron chi connectivity index (χ2n) is 6.23. The van der Waals surface area contributed by atoms with Gasteiger partial charge >= 0.3 is 0 Å². The summed E-state index contributed by atoms with van der Waals surface area (Å²) in [6.07, 6.45) is 2.82. The number of sulfonamides is 1. The molecule has 1 aromatic carbocycles. The van der Waals surface area contributed by atoms with Gasteiger partial charge in [-0.05, 0) is 12.1 Å². The summed E-state index contributed by atoms with van der Waals surface area (Å²) in [5, 5.41) is 11.4. The topological polar surface area (TPSA) is 100 Å². The van der Waals surface area contributed by atoms with Gasteiger partial charge in [0.2, 0.25) is 15.9 Å². The third-order valence-electron chi connectivity index (χ3n) is 4.23. The lowest BCUT2D eigenvalue weighted by molar-refractivity contribution is -0.113. The molecule has 146 valence electrons. The molecule has 1 aromatic heterocycles. The Labute approximate surface area is 162 Å². The number of benzene rings is 1. The van der Waals surface area contributed by atoms with E-state index >= 15 is 0 Å². The van der Waals surface area contributed by atoms with E-state index in [0.29, 0.717) is 37.0 Å². The van der Waals surface area contributed by atoms with E-state index in [9.17, 15) is 13.2 Å². The smallest absolute Gasteiger partial charge is 0.234 e. The number of anilines is 2. The van der Waals surface area contributed by atoms with Crippen LogP contribution in [-0.4, -0.2) is 71.6 Å². The van der Waals surface area contributed by atoms with Crippen LogP contribution < -0.4 is 10.2 Å². The maximum atomic E-state index is 12.3. The first kappa shape index (κ1) is 19.6. The maximum absolute atomic E-state index is 12.3. The number of amides is 1. The Hall–Kier alpha value is -2.11. The number of thioether (sulfide) groups is 1. The van der Waals surface area contributed by atoms with E-state index in [1.54, 1.807) is 10.9 Å². The minimum Gasteiger partial charge on any atom is -0.367 e. The lowest BCUT2D eigenvalue weighted by atomic mass is 10.2. The molecule has 11 heteroatoms. The van der Waals surface area contributed by atoms with E-state index in [-0.39, 0.29) is 11.7 Å². The Bertz CT molecular complexity index is 906. The molecule has 1 fully saturated rings. The summed E-state index contributed by atoms with van der Waals surface area (Å²) >= 11 is 1.32. The Balaban J connectivity index is 1.62. The Morgan fingerprint density at radius 1 is 1.22 bits per heavy atom. The van der Waals surface area contributed by atoms with Crippen molar-refractivity contribution in [3.63, 3.8) is 0 Å². The molecule has 0 atom stereocenters. The van der Waals surface area contributed by atoms with Crippen LogP contribution in [0.1, 0.15) is 0 Å². The molecule has 1 N–H and O–H groups in total.